The number of benzene rings is 2. The number of fused-ring (bicyclic) bond motifs is 1. The molecule has 1 saturated heterocycles. The highest BCUT2D eigenvalue weighted by Gasteiger charge is 2.27. The first-order chi connectivity index (χ1) is 14.9. The second-order valence-corrected chi connectivity index (χ2v) is 8.15. The van der Waals surface area contributed by atoms with Crippen molar-refractivity contribution in [2.24, 2.45) is 0 Å². The molecule has 0 aliphatic carbocycles. The molecule has 162 valence electrons. The van der Waals surface area contributed by atoms with Crippen LogP contribution in [0.4, 0.5) is 5.69 Å². The number of rotatable bonds is 4. The van der Waals surface area contributed by atoms with Crippen LogP contribution in [0, 0.1) is 6.92 Å². The summed E-state index contributed by atoms with van der Waals surface area (Å²) >= 11 is 0. The molecule has 0 saturated carbocycles. The van der Waals surface area contributed by atoms with Gasteiger partial charge in [-0.3, -0.25) is 19.0 Å². The molecule has 31 heavy (non-hydrogen) atoms. The lowest BCUT2D eigenvalue weighted by atomic mass is 10.1. The highest BCUT2D eigenvalue weighted by atomic mass is 16.2. The van der Waals surface area contributed by atoms with Crippen molar-refractivity contribution in [1.82, 2.24) is 14.0 Å². The third-order valence-corrected chi connectivity index (χ3v) is 6.06. The van der Waals surface area contributed by atoms with Gasteiger partial charge in [0.1, 0.15) is 6.54 Å². The van der Waals surface area contributed by atoms with Crippen molar-refractivity contribution in [3.63, 3.8) is 0 Å². The Morgan fingerprint density at radius 3 is 2.29 bits per heavy atom. The number of anilines is 1. The van der Waals surface area contributed by atoms with Crippen LogP contribution < -0.4 is 16.0 Å². The van der Waals surface area contributed by atoms with Gasteiger partial charge < -0.3 is 14.4 Å². The van der Waals surface area contributed by atoms with Crippen LogP contribution >= 0.6 is 0 Å². The molecule has 7 heteroatoms. The maximum Gasteiger partial charge on any atom is 0.317 e. The minimum absolute atomic E-state index is 0.129. The number of amides is 1. The molecule has 1 aliphatic heterocycles. The zero-order chi connectivity index (χ0) is 22.1. The average molecular weight is 421 g/mol. The van der Waals surface area contributed by atoms with Gasteiger partial charge >= 0.3 is 11.1 Å². The van der Waals surface area contributed by atoms with E-state index in [2.05, 4.69) is 36.9 Å². The quantitative estimate of drug-likeness (QED) is 0.607. The van der Waals surface area contributed by atoms with Gasteiger partial charge in [-0.15, -0.1) is 0 Å². The van der Waals surface area contributed by atoms with Crippen LogP contribution in [0.25, 0.3) is 11.0 Å². The molecule has 0 unspecified atom stereocenters. The van der Waals surface area contributed by atoms with E-state index < -0.39 is 11.1 Å². The molecule has 1 aromatic heterocycles. The van der Waals surface area contributed by atoms with Gasteiger partial charge in [0.05, 0.1) is 11.0 Å². The van der Waals surface area contributed by atoms with Crippen molar-refractivity contribution in [3.05, 3.63) is 74.8 Å². The van der Waals surface area contributed by atoms with Gasteiger partial charge in [0.25, 0.3) is 0 Å². The van der Waals surface area contributed by atoms with Crippen LogP contribution in [0.3, 0.4) is 0 Å². The van der Waals surface area contributed by atoms with Crippen LogP contribution in [0.5, 0.6) is 0 Å². The molecule has 1 aliphatic rings. The molecule has 0 radical (unpaired) electrons. The summed E-state index contributed by atoms with van der Waals surface area (Å²) in [5.74, 6) is -0.142. The van der Waals surface area contributed by atoms with Crippen molar-refractivity contribution in [2.45, 2.75) is 39.9 Å². The number of hydrogen-bond donors (Lipinski definition) is 0. The van der Waals surface area contributed by atoms with Gasteiger partial charge in [0, 0.05) is 37.9 Å². The number of aromatic nitrogens is 2. The summed E-state index contributed by atoms with van der Waals surface area (Å²) in [4.78, 5) is 42.5. The SMILES string of the molecule is CCn1c(=O)c(=O)n(CC(=O)N2CCN(c3cccc(C)c3)[C@H](C)C2)c2ccccc21. The summed E-state index contributed by atoms with van der Waals surface area (Å²) in [5, 5.41) is 0. The monoisotopic (exact) mass is 420 g/mol. The second kappa shape index (κ2) is 8.41. The summed E-state index contributed by atoms with van der Waals surface area (Å²) in [7, 11) is 0. The maximum absolute atomic E-state index is 13.1. The Morgan fingerprint density at radius 2 is 1.65 bits per heavy atom. The fourth-order valence-corrected chi connectivity index (χ4v) is 4.45. The number of hydrogen-bond acceptors (Lipinski definition) is 4. The van der Waals surface area contributed by atoms with Gasteiger partial charge in [-0.25, -0.2) is 0 Å². The first kappa shape index (κ1) is 20.9. The van der Waals surface area contributed by atoms with E-state index in [1.54, 1.807) is 11.0 Å². The highest BCUT2D eigenvalue weighted by Crippen LogP contribution is 2.22. The van der Waals surface area contributed by atoms with Crippen LogP contribution in [0.2, 0.25) is 0 Å². The average Bonchev–Trinajstić information content (AvgIpc) is 2.77. The molecule has 2 aromatic carbocycles. The van der Waals surface area contributed by atoms with E-state index in [1.165, 1.54) is 14.7 Å². The van der Waals surface area contributed by atoms with Crippen molar-refractivity contribution >= 4 is 22.6 Å². The number of nitrogens with zero attached hydrogens (tertiary/aromatic N) is 4. The largest absolute Gasteiger partial charge is 0.365 e. The summed E-state index contributed by atoms with van der Waals surface area (Å²) < 4.78 is 2.78. The minimum atomic E-state index is -0.652. The van der Waals surface area contributed by atoms with E-state index >= 15 is 0 Å². The lowest BCUT2D eigenvalue weighted by Crippen LogP contribution is -2.55. The Balaban J connectivity index is 1.57. The normalized spacial score (nSPS) is 16.7. The van der Waals surface area contributed by atoms with Gasteiger partial charge in [0.15, 0.2) is 0 Å². The van der Waals surface area contributed by atoms with Gasteiger partial charge in [-0.2, -0.15) is 0 Å². The lowest BCUT2D eigenvalue weighted by molar-refractivity contribution is -0.132. The van der Waals surface area contributed by atoms with Crippen molar-refractivity contribution in [2.75, 3.05) is 24.5 Å². The zero-order valence-electron chi connectivity index (χ0n) is 18.2. The molecular weight excluding hydrogens is 392 g/mol. The molecule has 7 nitrogen and oxygen atoms in total. The first-order valence-corrected chi connectivity index (χ1v) is 10.7. The second-order valence-electron chi connectivity index (χ2n) is 8.15. The first-order valence-electron chi connectivity index (χ1n) is 10.7. The molecule has 3 aromatic rings. The van der Waals surface area contributed by atoms with E-state index in [0.29, 0.717) is 30.7 Å². The number of carbonyl (C=O) groups excluding carboxylic acids is 1. The van der Waals surface area contributed by atoms with Gasteiger partial charge in [-0.05, 0) is 50.6 Å². The predicted octanol–water partition coefficient (Wildman–Crippen LogP) is 2.23. The Hall–Kier alpha value is -3.35. The fraction of sp³-hybridized carbons (Fsp3) is 0.375. The molecule has 0 bridgehead atoms. The number of para-hydroxylation sites is 2. The Kier molecular flexibility index (Phi) is 5.67. The molecule has 0 N–H and O–H groups in total. The Bertz CT molecular complexity index is 1240. The summed E-state index contributed by atoms with van der Waals surface area (Å²) in [6.07, 6.45) is 0. The van der Waals surface area contributed by atoms with Gasteiger partial charge in [0.2, 0.25) is 5.91 Å². The molecule has 2 heterocycles. The molecule has 4 rings (SSSR count). The fourth-order valence-electron chi connectivity index (χ4n) is 4.45. The van der Waals surface area contributed by atoms with E-state index in [4.69, 9.17) is 0 Å². The number of aryl methyl sites for hydroxylation is 2. The van der Waals surface area contributed by atoms with E-state index in [0.717, 1.165) is 12.2 Å². The van der Waals surface area contributed by atoms with Crippen LogP contribution in [0.1, 0.15) is 19.4 Å². The minimum Gasteiger partial charge on any atom is -0.365 e. The summed E-state index contributed by atoms with van der Waals surface area (Å²) in [5.41, 5.74) is 2.39. The summed E-state index contributed by atoms with van der Waals surface area (Å²) in [6, 6.07) is 15.8. The maximum atomic E-state index is 13.1. The number of carbonyl (C=O) groups is 1. The molecule has 1 atom stereocenters. The van der Waals surface area contributed by atoms with Crippen LogP contribution in [-0.2, 0) is 17.9 Å². The Labute approximate surface area is 181 Å². The van der Waals surface area contributed by atoms with Crippen molar-refractivity contribution in [3.8, 4) is 0 Å². The smallest absolute Gasteiger partial charge is 0.317 e. The third-order valence-electron chi connectivity index (χ3n) is 6.06. The summed E-state index contributed by atoms with van der Waals surface area (Å²) in [6.45, 7) is 8.16. The molecular formula is C24H28N4O3. The molecule has 0 spiro atoms. The standard InChI is InChI=1S/C24H28N4O3/c1-4-26-20-10-5-6-11-21(20)28(24(31)23(26)30)16-22(29)25-12-13-27(18(3)15-25)19-9-7-8-17(2)14-19/h5-11,14,18H,4,12-13,15-16H2,1-3H3/t18-/m1/s1. The van der Waals surface area contributed by atoms with Crippen molar-refractivity contribution < 1.29 is 4.79 Å². The zero-order valence-corrected chi connectivity index (χ0v) is 18.2. The number of piperazine rings is 1. The predicted molar refractivity (Wildman–Crippen MR) is 123 cm³/mol. The third kappa shape index (κ3) is 3.87. The topological polar surface area (TPSA) is 67.5 Å². The molecule has 1 amide bonds. The van der Waals surface area contributed by atoms with E-state index in [-0.39, 0.29) is 18.5 Å². The van der Waals surface area contributed by atoms with E-state index in [1.807, 2.05) is 31.2 Å². The van der Waals surface area contributed by atoms with Crippen LogP contribution in [-0.4, -0.2) is 45.6 Å². The molecule has 1 fully saturated rings. The lowest BCUT2D eigenvalue weighted by Gasteiger charge is -2.41. The van der Waals surface area contributed by atoms with E-state index in [9.17, 15) is 14.4 Å². The van der Waals surface area contributed by atoms with Crippen molar-refractivity contribution in [1.29, 1.82) is 0 Å². The van der Waals surface area contributed by atoms with Gasteiger partial charge in [-0.1, -0.05) is 24.3 Å². The Morgan fingerprint density at radius 1 is 0.968 bits per heavy atom. The highest BCUT2D eigenvalue weighted by molar-refractivity contribution is 5.80. The van der Waals surface area contributed by atoms with Crippen LogP contribution in [0.15, 0.2) is 58.1 Å².